The van der Waals surface area contributed by atoms with Crippen LogP contribution in [0.1, 0.15) is 135 Å². The van der Waals surface area contributed by atoms with E-state index in [1.807, 2.05) is 0 Å². The van der Waals surface area contributed by atoms with Crippen LogP contribution in [0.3, 0.4) is 0 Å². The molecule has 0 spiro atoms. The maximum absolute atomic E-state index is 11.3. The van der Waals surface area contributed by atoms with Crippen molar-refractivity contribution >= 4 is 5.97 Å². The third kappa shape index (κ3) is 15.1. The SMILES string of the molecule is CCCCCCCCCCCCCCCCCCC[C@H]1C[C@H](O)CC(=O)O1. The minimum atomic E-state index is -0.484. The summed E-state index contributed by atoms with van der Waals surface area (Å²) in [5, 5.41) is 9.59. The molecule has 1 aliphatic heterocycles. The summed E-state index contributed by atoms with van der Waals surface area (Å²) in [6.45, 7) is 2.28. The molecule has 0 amide bonds. The van der Waals surface area contributed by atoms with Gasteiger partial charge in [0.2, 0.25) is 0 Å². The maximum atomic E-state index is 11.3. The van der Waals surface area contributed by atoms with Crippen LogP contribution in [0.2, 0.25) is 0 Å². The molecule has 0 aromatic carbocycles. The van der Waals surface area contributed by atoms with Crippen molar-refractivity contribution in [1.29, 1.82) is 0 Å². The Balaban J connectivity index is 1.73. The summed E-state index contributed by atoms with van der Waals surface area (Å²) < 4.78 is 5.29. The highest BCUT2D eigenvalue weighted by molar-refractivity contribution is 5.70. The molecular formula is C24H46O3. The summed E-state index contributed by atoms with van der Waals surface area (Å²) in [6.07, 6.45) is 24.6. The van der Waals surface area contributed by atoms with E-state index in [0.29, 0.717) is 6.42 Å². The van der Waals surface area contributed by atoms with Crippen LogP contribution in [0, 0.1) is 0 Å². The van der Waals surface area contributed by atoms with Crippen molar-refractivity contribution in [1.82, 2.24) is 0 Å². The maximum Gasteiger partial charge on any atom is 0.308 e. The van der Waals surface area contributed by atoms with E-state index >= 15 is 0 Å². The molecular weight excluding hydrogens is 336 g/mol. The molecule has 0 unspecified atom stereocenters. The molecule has 27 heavy (non-hydrogen) atoms. The summed E-state index contributed by atoms with van der Waals surface area (Å²) in [5.41, 5.74) is 0. The Morgan fingerprint density at radius 2 is 1.15 bits per heavy atom. The van der Waals surface area contributed by atoms with Crippen molar-refractivity contribution in [2.75, 3.05) is 0 Å². The molecule has 2 atom stereocenters. The highest BCUT2D eigenvalue weighted by Gasteiger charge is 2.26. The Morgan fingerprint density at radius 1 is 0.741 bits per heavy atom. The number of rotatable bonds is 18. The van der Waals surface area contributed by atoms with Crippen LogP contribution in [0.25, 0.3) is 0 Å². The van der Waals surface area contributed by atoms with Crippen molar-refractivity contribution in [2.24, 2.45) is 0 Å². The minimum Gasteiger partial charge on any atom is -0.462 e. The average Bonchev–Trinajstić information content (AvgIpc) is 2.63. The third-order valence-electron chi connectivity index (χ3n) is 5.87. The molecule has 0 aliphatic carbocycles. The summed E-state index contributed by atoms with van der Waals surface area (Å²) >= 11 is 0. The monoisotopic (exact) mass is 382 g/mol. The normalized spacial score (nSPS) is 20.0. The van der Waals surface area contributed by atoms with Crippen LogP contribution < -0.4 is 0 Å². The number of esters is 1. The van der Waals surface area contributed by atoms with Gasteiger partial charge in [-0.1, -0.05) is 110 Å². The smallest absolute Gasteiger partial charge is 0.308 e. The zero-order valence-corrected chi connectivity index (χ0v) is 18.1. The molecule has 0 bridgehead atoms. The predicted molar refractivity (Wildman–Crippen MR) is 114 cm³/mol. The van der Waals surface area contributed by atoms with Gasteiger partial charge in [0.05, 0.1) is 12.5 Å². The molecule has 1 rings (SSSR count). The molecule has 1 heterocycles. The lowest BCUT2D eigenvalue weighted by atomic mass is 9.99. The fourth-order valence-electron chi connectivity index (χ4n) is 4.13. The minimum absolute atomic E-state index is 0.0439. The molecule has 1 saturated heterocycles. The van der Waals surface area contributed by atoms with E-state index < -0.39 is 6.10 Å². The van der Waals surface area contributed by atoms with Crippen molar-refractivity contribution < 1.29 is 14.6 Å². The average molecular weight is 383 g/mol. The molecule has 0 saturated carbocycles. The lowest BCUT2D eigenvalue weighted by Crippen LogP contribution is -2.32. The Kier molecular flexibility index (Phi) is 15.9. The predicted octanol–water partition coefficient (Wildman–Crippen LogP) is 7.09. The topological polar surface area (TPSA) is 46.5 Å². The molecule has 1 N–H and O–H groups in total. The van der Waals surface area contributed by atoms with Crippen LogP contribution in [-0.4, -0.2) is 23.3 Å². The molecule has 0 aromatic heterocycles. The van der Waals surface area contributed by atoms with Crippen LogP contribution in [0.5, 0.6) is 0 Å². The zero-order valence-electron chi connectivity index (χ0n) is 18.1. The number of cyclic esters (lactones) is 1. The molecule has 0 radical (unpaired) electrons. The first-order valence-corrected chi connectivity index (χ1v) is 12.1. The number of carbonyl (C=O) groups is 1. The standard InChI is InChI=1S/C24H46O3/c1-2-3-4-5-6-7-8-9-10-11-12-13-14-15-16-17-18-19-23-20-22(25)21-24(26)27-23/h22-23,25H,2-21H2,1H3/t22-,23-/m0/s1. The fraction of sp³-hybridized carbons (Fsp3) is 0.958. The second-order valence-electron chi connectivity index (χ2n) is 8.65. The summed E-state index contributed by atoms with van der Waals surface area (Å²) in [7, 11) is 0. The molecule has 160 valence electrons. The number of hydrogen-bond donors (Lipinski definition) is 1. The lowest BCUT2D eigenvalue weighted by molar-refractivity contribution is -0.160. The lowest BCUT2D eigenvalue weighted by Gasteiger charge is -2.25. The third-order valence-corrected chi connectivity index (χ3v) is 5.87. The van der Waals surface area contributed by atoms with Gasteiger partial charge in [-0.15, -0.1) is 0 Å². The first-order chi connectivity index (χ1) is 13.2. The molecule has 3 nitrogen and oxygen atoms in total. The second kappa shape index (κ2) is 17.5. The zero-order chi connectivity index (χ0) is 19.6. The van der Waals surface area contributed by atoms with Gasteiger partial charge in [-0.3, -0.25) is 4.79 Å². The molecule has 3 heteroatoms. The van der Waals surface area contributed by atoms with Crippen molar-refractivity contribution in [3.8, 4) is 0 Å². The van der Waals surface area contributed by atoms with Gasteiger partial charge < -0.3 is 9.84 Å². The van der Waals surface area contributed by atoms with E-state index in [-0.39, 0.29) is 18.5 Å². The van der Waals surface area contributed by atoms with E-state index in [1.54, 1.807) is 0 Å². The van der Waals surface area contributed by atoms with E-state index in [9.17, 15) is 9.90 Å². The van der Waals surface area contributed by atoms with E-state index in [4.69, 9.17) is 4.74 Å². The van der Waals surface area contributed by atoms with E-state index in [1.165, 1.54) is 103 Å². The van der Waals surface area contributed by atoms with Gasteiger partial charge in [-0.25, -0.2) is 0 Å². The van der Waals surface area contributed by atoms with Gasteiger partial charge in [-0.05, 0) is 12.8 Å². The number of unbranched alkanes of at least 4 members (excludes halogenated alkanes) is 16. The number of ether oxygens (including phenoxy) is 1. The first-order valence-electron chi connectivity index (χ1n) is 12.1. The van der Waals surface area contributed by atoms with Crippen LogP contribution in [-0.2, 0) is 9.53 Å². The molecule has 0 aromatic rings. The van der Waals surface area contributed by atoms with Gasteiger partial charge in [-0.2, -0.15) is 0 Å². The second-order valence-corrected chi connectivity index (χ2v) is 8.65. The van der Waals surface area contributed by atoms with E-state index in [2.05, 4.69) is 6.92 Å². The quantitative estimate of drug-likeness (QED) is 0.203. The van der Waals surface area contributed by atoms with Crippen molar-refractivity contribution in [2.45, 2.75) is 148 Å². The molecule has 1 aliphatic rings. The summed E-state index contributed by atoms with van der Waals surface area (Å²) in [5.74, 6) is -0.231. The summed E-state index contributed by atoms with van der Waals surface area (Å²) in [6, 6.07) is 0. The highest BCUT2D eigenvalue weighted by atomic mass is 16.5. The number of aliphatic hydroxyl groups excluding tert-OH is 1. The highest BCUT2D eigenvalue weighted by Crippen LogP contribution is 2.20. The summed E-state index contributed by atoms with van der Waals surface area (Å²) in [4.78, 5) is 11.3. The first kappa shape index (κ1) is 24.5. The Morgan fingerprint density at radius 3 is 1.56 bits per heavy atom. The largest absolute Gasteiger partial charge is 0.462 e. The van der Waals surface area contributed by atoms with Gasteiger partial charge in [0, 0.05) is 6.42 Å². The van der Waals surface area contributed by atoms with Crippen molar-refractivity contribution in [3.63, 3.8) is 0 Å². The Hall–Kier alpha value is -0.570. The van der Waals surface area contributed by atoms with Crippen molar-refractivity contribution in [3.05, 3.63) is 0 Å². The van der Waals surface area contributed by atoms with Gasteiger partial charge in [0.15, 0.2) is 0 Å². The Bertz CT molecular complexity index is 343. The number of aliphatic hydroxyl groups is 1. The van der Waals surface area contributed by atoms with Crippen LogP contribution in [0.4, 0.5) is 0 Å². The van der Waals surface area contributed by atoms with Crippen LogP contribution >= 0.6 is 0 Å². The van der Waals surface area contributed by atoms with Gasteiger partial charge in [0.1, 0.15) is 6.10 Å². The van der Waals surface area contributed by atoms with Gasteiger partial charge in [0.25, 0.3) is 0 Å². The fourth-order valence-corrected chi connectivity index (χ4v) is 4.13. The number of carbonyl (C=O) groups excluding carboxylic acids is 1. The van der Waals surface area contributed by atoms with Crippen LogP contribution in [0.15, 0.2) is 0 Å². The number of hydrogen-bond acceptors (Lipinski definition) is 3. The van der Waals surface area contributed by atoms with Gasteiger partial charge >= 0.3 is 5.97 Å². The van der Waals surface area contributed by atoms with E-state index in [0.717, 1.165) is 12.8 Å². The molecule has 1 fully saturated rings. The Labute approximate surface area is 168 Å².